The molecule has 1 N–H and O–H groups in total. The van der Waals surface area contributed by atoms with Crippen LogP contribution < -0.4 is 0 Å². The number of halogens is 2. The van der Waals surface area contributed by atoms with Gasteiger partial charge in [-0.2, -0.15) is 5.10 Å². The number of aromatic nitrogens is 2. The first-order valence-electron chi connectivity index (χ1n) is 4.68. The Morgan fingerprint density at radius 3 is 2.19 bits per heavy atom. The molecule has 2 aromatic rings. The summed E-state index contributed by atoms with van der Waals surface area (Å²) in [4.78, 5) is 0. The van der Waals surface area contributed by atoms with Crippen LogP contribution in [0.5, 0.6) is 5.75 Å². The Kier molecular flexibility index (Phi) is 2.38. The molecule has 0 saturated carbocycles. The van der Waals surface area contributed by atoms with E-state index in [1.54, 1.807) is 14.0 Å². The molecule has 0 fully saturated rings. The molecule has 0 atom stereocenters. The quantitative estimate of drug-likeness (QED) is 0.807. The smallest absolute Gasteiger partial charge is 0.164 e. The van der Waals surface area contributed by atoms with E-state index < -0.39 is 11.6 Å². The Morgan fingerprint density at radius 1 is 1.19 bits per heavy atom. The van der Waals surface area contributed by atoms with Crippen LogP contribution in [-0.2, 0) is 7.05 Å². The largest absolute Gasteiger partial charge is 0.504 e. The molecule has 2 rings (SSSR count). The topological polar surface area (TPSA) is 38.1 Å². The fourth-order valence-electron chi connectivity index (χ4n) is 1.48. The summed E-state index contributed by atoms with van der Waals surface area (Å²) in [6.07, 6.45) is 0. The number of rotatable bonds is 1. The second-order valence-electron chi connectivity index (χ2n) is 3.56. The van der Waals surface area contributed by atoms with Gasteiger partial charge in [0.2, 0.25) is 0 Å². The van der Waals surface area contributed by atoms with Gasteiger partial charge in [-0.3, -0.25) is 4.68 Å². The summed E-state index contributed by atoms with van der Waals surface area (Å²) in [5.41, 5.74) is 0.941. The Labute approximate surface area is 91.0 Å². The van der Waals surface area contributed by atoms with Gasteiger partial charge >= 0.3 is 0 Å². The van der Waals surface area contributed by atoms with Crippen LogP contribution in [0.2, 0.25) is 0 Å². The number of aromatic hydroxyl groups is 1. The molecule has 0 radical (unpaired) electrons. The molecule has 0 aliphatic rings. The zero-order valence-corrected chi connectivity index (χ0v) is 8.83. The van der Waals surface area contributed by atoms with Gasteiger partial charge in [-0.25, -0.2) is 8.78 Å². The van der Waals surface area contributed by atoms with Gasteiger partial charge in [0.25, 0.3) is 0 Å². The summed E-state index contributed by atoms with van der Waals surface area (Å²) in [6.45, 7) is 1.67. The highest BCUT2D eigenvalue weighted by Gasteiger charge is 2.14. The number of nitrogens with zero attached hydrogens (tertiary/aromatic N) is 2. The summed E-state index contributed by atoms with van der Waals surface area (Å²) in [5, 5.41) is 13.7. The lowest BCUT2D eigenvalue weighted by atomic mass is 10.1. The van der Waals surface area contributed by atoms with Gasteiger partial charge in [0.05, 0.1) is 5.69 Å². The molecule has 1 heterocycles. The van der Waals surface area contributed by atoms with Crippen LogP contribution in [0.4, 0.5) is 8.78 Å². The van der Waals surface area contributed by atoms with Gasteiger partial charge in [0, 0.05) is 18.7 Å². The maximum Gasteiger partial charge on any atom is 0.164 e. The fourth-order valence-corrected chi connectivity index (χ4v) is 1.48. The highest BCUT2D eigenvalue weighted by atomic mass is 19.1. The van der Waals surface area contributed by atoms with Crippen molar-refractivity contribution in [2.75, 3.05) is 0 Å². The van der Waals surface area contributed by atoms with Gasteiger partial charge in [-0.1, -0.05) is 0 Å². The van der Waals surface area contributed by atoms with Gasteiger partial charge in [0.15, 0.2) is 5.75 Å². The maximum absolute atomic E-state index is 13.0. The van der Waals surface area contributed by atoms with Crippen LogP contribution in [0.25, 0.3) is 11.3 Å². The molecule has 3 nitrogen and oxygen atoms in total. The van der Waals surface area contributed by atoms with Crippen LogP contribution in [0.15, 0.2) is 18.2 Å². The van der Waals surface area contributed by atoms with Crippen molar-refractivity contribution in [2.45, 2.75) is 6.92 Å². The molecule has 0 saturated heterocycles. The van der Waals surface area contributed by atoms with E-state index in [0.29, 0.717) is 5.69 Å². The third kappa shape index (κ3) is 1.64. The molecule has 0 amide bonds. The zero-order chi connectivity index (χ0) is 11.9. The van der Waals surface area contributed by atoms with Gasteiger partial charge in [-0.15, -0.1) is 0 Å². The van der Waals surface area contributed by atoms with E-state index in [0.717, 1.165) is 18.2 Å². The van der Waals surface area contributed by atoms with Crippen LogP contribution in [-0.4, -0.2) is 14.9 Å². The average Bonchev–Trinajstić information content (AvgIpc) is 2.44. The highest BCUT2D eigenvalue weighted by Crippen LogP contribution is 2.31. The molecule has 1 aromatic carbocycles. The minimum absolute atomic E-state index is 0.0625. The summed E-state index contributed by atoms with van der Waals surface area (Å²) < 4.78 is 27.4. The van der Waals surface area contributed by atoms with Crippen LogP contribution >= 0.6 is 0 Å². The molecule has 0 bridgehead atoms. The Hall–Kier alpha value is -1.91. The molecule has 0 aliphatic carbocycles. The Bertz CT molecular complexity index is 529. The number of aryl methyl sites for hydroxylation is 1. The molecule has 0 unspecified atom stereocenters. The lowest BCUT2D eigenvalue weighted by molar-refractivity contribution is 0.471. The second kappa shape index (κ2) is 3.59. The molecule has 16 heavy (non-hydrogen) atoms. The van der Waals surface area contributed by atoms with E-state index in [4.69, 9.17) is 0 Å². The second-order valence-corrected chi connectivity index (χ2v) is 3.56. The van der Waals surface area contributed by atoms with E-state index in [9.17, 15) is 13.9 Å². The van der Waals surface area contributed by atoms with Crippen LogP contribution in [0.3, 0.4) is 0 Å². The van der Waals surface area contributed by atoms with Crippen LogP contribution in [0.1, 0.15) is 5.69 Å². The molecule has 5 heteroatoms. The monoisotopic (exact) mass is 224 g/mol. The molecular weight excluding hydrogens is 214 g/mol. The average molecular weight is 224 g/mol. The Balaban J connectivity index is 2.62. The highest BCUT2D eigenvalue weighted by molar-refractivity contribution is 5.67. The molecule has 84 valence electrons. The SMILES string of the molecule is Cc1c(O)c(-c2cc(F)cc(F)c2)nn1C. The lowest BCUT2D eigenvalue weighted by Gasteiger charge is -1.98. The van der Waals surface area contributed by atoms with Crippen molar-refractivity contribution in [3.8, 4) is 17.0 Å². The van der Waals surface area contributed by atoms with Crippen molar-refractivity contribution in [3.63, 3.8) is 0 Å². The van der Waals surface area contributed by atoms with Crippen molar-refractivity contribution in [3.05, 3.63) is 35.5 Å². The molecule has 0 spiro atoms. The van der Waals surface area contributed by atoms with Gasteiger partial charge in [0.1, 0.15) is 17.3 Å². The van der Waals surface area contributed by atoms with E-state index >= 15 is 0 Å². The van der Waals surface area contributed by atoms with Crippen molar-refractivity contribution in [1.29, 1.82) is 0 Å². The lowest BCUT2D eigenvalue weighted by Crippen LogP contribution is -1.92. The number of hydrogen-bond acceptors (Lipinski definition) is 2. The zero-order valence-electron chi connectivity index (χ0n) is 8.83. The van der Waals surface area contributed by atoms with Crippen molar-refractivity contribution in [2.24, 2.45) is 7.05 Å². The first kappa shape index (κ1) is 10.6. The first-order chi connectivity index (χ1) is 7.49. The molecule has 1 aromatic heterocycles. The van der Waals surface area contributed by atoms with E-state index in [1.165, 1.54) is 4.68 Å². The third-order valence-corrected chi connectivity index (χ3v) is 2.44. The predicted molar refractivity (Wildman–Crippen MR) is 55.0 cm³/mol. The number of hydrogen-bond donors (Lipinski definition) is 1. The first-order valence-corrected chi connectivity index (χ1v) is 4.68. The predicted octanol–water partition coefficient (Wildman–Crippen LogP) is 2.38. The minimum atomic E-state index is -0.697. The summed E-state index contributed by atoms with van der Waals surface area (Å²) >= 11 is 0. The Morgan fingerprint density at radius 2 is 1.75 bits per heavy atom. The van der Waals surface area contributed by atoms with E-state index in [1.807, 2.05) is 0 Å². The van der Waals surface area contributed by atoms with E-state index in [2.05, 4.69) is 5.10 Å². The van der Waals surface area contributed by atoms with E-state index in [-0.39, 0.29) is 17.0 Å². The number of benzene rings is 1. The fraction of sp³-hybridized carbons (Fsp3) is 0.182. The standard InChI is InChI=1S/C11H10F2N2O/c1-6-11(16)10(14-15(6)2)7-3-8(12)5-9(13)4-7/h3-5,16H,1-2H3. The normalized spacial score (nSPS) is 10.8. The van der Waals surface area contributed by atoms with Crippen molar-refractivity contribution < 1.29 is 13.9 Å². The van der Waals surface area contributed by atoms with Crippen molar-refractivity contribution in [1.82, 2.24) is 9.78 Å². The van der Waals surface area contributed by atoms with Crippen LogP contribution in [0, 0.1) is 18.6 Å². The van der Waals surface area contributed by atoms with Gasteiger partial charge in [-0.05, 0) is 19.1 Å². The summed E-state index contributed by atoms with van der Waals surface area (Å²) in [5.74, 6) is -1.46. The van der Waals surface area contributed by atoms with Crippen molar-refractivity contribution >= 4 is 0 Å². The third-order valence-electron chi connectivity index (χ3n) is 2.44. The molecule has 0 aliphatic heterocycles. The minimum Gasteiger partial charge on any atom is -0.504 e. The summed E-state index contributed by atoms with van der Waals surface area (Å²) in [6, 6.07) is 3.03. The summed E-state index contributed by atoms with van der Waals surface area (Å²) in [7, 11) is 1.65. The molecular formula is C11H10F2N2O. The van der Waals surface area contributed by atoms with Gasteiger partial charge < -0.3 is 5.11 Å². The maximum atomic E-state index is 13.0.